The van der Waals surface area contributed by atoms with Gasteiger partial charge in [0.2, 0.25) is 0 Å². The molecule has 1 aromatic carbocycles. The Balaban J connectivity index is 2.36. The summed E-state index contributed by atoms with van der Waals surface area (Å²) in [4.78, 5) is 0. The maximum atomic E-state index is 6.29. The van der Waals surface area contributed by atoms with Crippen LogP contribution in [-0.4, -0.2) is 6.54 Å². The third-order valence-corrected chi connectivity index (χ3v) is 3.64. The number of hydrogen-bond donors (Lipinski definition) is 1. The molecule has 0 saturated carbocycles. The standard InChI is InChI=1S/C14H20ClN/c1-14(2,3)10-6-7-12(15)11(9-10)13-5-4-8-16-13/h6-7,9,13,16H,4-5,8H2,1-3H3/t13-/m1/s1. The van der Waals surface area contributed by atoms with Gasteiger partial charge in [0, 0.05) is 11.1 Å². The topological polar surface area (TPSA) is 12.0 Å². The van der Waals surface area contributed by atoms with Gasteiger partial charge in [-0.2, -0.15) is 0 Å². The van der Waals surface area contributed by atoms with E-state index in [-0.39, 0.29) is 5.41 Å². The van der Waals surface area contributed by atoms with Gasteiger partial charge < -0.3 is 5.32 Å². The van der Waals surface area contributed by atoms with E-state index in [4.69, 9.17) is 11.6 Å². The molecule has 0 amide bonds. The predicted molar refractivity (Wildman–Crippen MR) is 70.1 cm³/mol. The Morgan fingerprint density at radius 1 is 1.31 bits per heavy atom. The SMILES string of the molecule is CC(C)(C)c1ccc(Cl)c([C@H]2CCCN2)c1. The van der Waals surface area contributed by atoms with Crippen LogP contribution in [0.2, 0.25) is 5.02 Å². The van der Waals surface area contributed by atoms with Crippen molar-refractivity contribution in [2.45, 2.75) is 45.1 Å². The molecule has 2 heteroatoms. The third kappa shape index (κ3) is 2.41. The first kappa shape index (κ1) is 11.9. The van der Waals surface area contributed by atoms with E-state index in [2.05, 4.69) is 38.2 Å². The van der Waals surface area contributed by atoms with E-state index < -0.39 is 0 Å². The predicted octanol–water partition coefficient (Wildman–Crippen LogP) is 4.06. The van der Waals surface area contributed by atoms with Gasteiger partial charge in [-0.25, -0.2) is 0 Å². The maximum absolute atomic E-state index is 6.29. The highest BCUT2D eigenvalue weighted by Crippen LogP contribution is 2.33. The molecular weight excluding hydrogens is 218 g/mol. The molecule has 1 aromatic rings. The van der Waals surface area contributed by atoms with Crippen molar-refractivity contribution in [3.8, 4) is 0 Å². The lowest BCUT2D eigenvalue weighted by Crippen LogP contribution is -2.16. The molecule has 1 saturated heterocycles. The summed E-state index contributed by atoms with van der Waals surface area (Å²) in [6.45, 7) is 7.83. The van der Waals surface area contributed by atoms with Crippen molar-refractivity contribution in [1.29, 1.82) is 0 Å². The summed E-state index contributed by atoms with van der Waals surface area (Å²) in [6, 6.07) is 6.90. The Labute approximate surface area is 103 Å². The van der Waals surface area contributed by atoms with Crippen LogP contribution in [-0.2, 0) is 5.41 Å². The Hall–Kier alpha value is -0.530. The van der Waals surface area contributed by atoms with Gasteiger partial charge in [-0.05, 0) is 42.0 Å². The number of rotatable bonds is 1. The first-order valence-electron chi connectivity index (χ1n) is 6.02. The minimum atomic E-state index is 0.192. The molecule has 88 valence electrons. The first-order valence-corrected chi connectivity index (χ1v) is 6.39. The molecule has 2 rings (SSSR count). The summed E-state index contributed by atoms with van der Waals surface area (Å²) < 4.78 is 0. The normalized spacial score (nSPS) is 21.4. The molecule has 1 atom stereocenters. The van der Waals surface area contributed by atoms with Crippen molar-refractivity contribution in [3.05, 3.63) is 34.3 Å². The van der Waals surface area contributed by atoms with E-state index in [1.54, 1.807) is 0 Å². The van der Waals surface area contributed by atoms with Crippen LogP contribution >= 0.6 is 11.6 Å². The van der Waals surface area contributed by atoms with Crippen LogP contribution in [0.5, 0.6) is 0 Å². The van der Waals surface area contributed by atoms with Crippen molar-refractivity contribution < 1.29 is 0 Å². The van der Waals surface area contributed by atoms with Crippen LogP contribution in [0.1, 0.15) is 50.8 Å². The molecule has 1 heterocycles. The van der Waals surface area contributed by atoms with E-state index in [9.17, 15) is 0 Å². The second-order valence-corrected chi connectivity index (χ2v) is 6.04. The monoisotopic (exact) mass is 237 g/mol. The Morgan fingerprint density at radius 2 is 2.06 bits per heavy atom. The number of nitrogens with one attached hydrogen (secondary N) is 1. The van der Waals surface area contributed by atoms with E-state index in [1.807, 2.05) is 6.07 Å². The second-order valence-electron chi connectivity index (χ2n) is 5.64. The first-order chi connectivity index (χ1) is 7.48. The lowest BCUT2D eigenvalue weighted by Gasteiger charge is -2.22. The van der Waals surface area contributed by atoms with Crippen LogP contribution in [0.25, 0.3) is 0 Å². The van der Waals surface area contributed by atoms with Gasteiger partial charge in [0.15, 0.2) is 0 Å². The summed E-state index contributed by atoms with van der Waals surface area (Å²) in [5.74, 6) is 0. The lowest BCUT2D eigenvalue weighted by atomic mass is 9.85. The van der Waals surface area contributed by atoms with Gasteiger partial charge in [-0.3, -0.25) is 0 Å². The highest BCUT2D eigenvalue weighted by Gasteiger charge is 2.21. The zero-order chi connectivity index (χ0) is 11.8. The van der Waals surface area contributed by atoms with E-state index in [0.29, 0.717) is 6.04 Å². The third-order valence-electron chi connectivity index (χ3n) is 3.30. The summed E-state index contributed by atoms with van der Waals surface area (Å²) in [7, 11) is 0. The number of halogens is 1. The Kier molecular flexibility index (Phi) is 3.27. The highest BCUT2D eigenvalue weighted by atomic mass is 35.5. The molecule has 16 heavy (non-hydrogen) atoms. The minimum absolute atomic E-state index is 0.192. The van der Waals surface area contributed by atoms with Crippen LogP contribution < -0.4 is 5.32 Å². The highest BCUT2D eigenvalue weighted by molar-refractivity contribution is 6.31. The van der Waals surface area contributed by atoms with E-state index >= 15 is 0 Å². The van der Waals surface area contributed by atoms with Gasteiger partial charge >= 0.3 is 0 Å². The molecule has 1 fully saturated rings. The fourth-order valence-corrected chi connectivity index (χ4v) is 2.48. The smallest absolute Gasteiger partial charge is 0.0454 e. The molecule has 0 spiro atoms. The molecule has 0 aromatic heterocycles. The largest absolute Gasteiger partial charge is 0.310 e. The molecule has 0 radical (unpaired) electrons. The van der Waals surface area contributed by atoms with Crippen molar-refractivity contribution in [3.63, 3.8) is 0 Å². The molecular formula is C14H20ClN. The zero-order valence-corrected chi connectivity index (χ0v) is 11.1. The second kappa shape index (κ2) is 4.38. The zero-order valence-electron chi connectivity index (χ0n) is 10.3. The number of benzene rings is 1. The van der Waals surface area contributed by atoms with Gasteiger partial charge in [0.1, 0.15) is 0 Å². The number of hydrogen-bond acceptors (Lipinski definition) is 1. The molecule has 1 nitrogen and oxygen atoms in total. The average molecular weight is 238 g/mol. The van der Waals surface area contributed by atoms with Crippen molar-refractivity contribution in [1.82, 2.24) is 5.32 Å². The fourth-order valence-electron chi connectivity index (χ4n) is 2.23. The van der Waals surface area contributed by atoms with Crippen LogP contribution in [0.4, 0.5) is 0 Å². The van der Waals surface area contributed by atoms with Gasteiger partial charge in [0.25, 0.3) is 0 Å². The van der Waals surface area contributed by atoms with Crippen LogP contribution in [0, 0.1) is 0 Å². The molecule has 1 aliphatic rings. The molecule has 0 bridgehead atoms. The minimum Gasteiger partial charge on any atom is -0.310 e. The van der Waals surface area contributed by atoms with E-state index in [1.165, 1.54) is 24.0 Å². The summed E-state index contributed by atoms with van der Waals surface area (Å²) >= 11 is 6.29. The summed E-state index contributed by atoms with van der Waals surface area (Å²) in [5, 5.41) is 4.40. The van der Waals surface area contributed by atoms with Gasteiger partial charge in [-0.15, -0.1) is 0 Å². The van der Waals surface area contributed by atoms with Crippen molar-refractivity contribution in [2.75, 3.05) is 6.54 Å². The molecule has 0 aliphatic carbocycles. The van der Waals surface area contributed by atoms with Crippen molar-refractivity contribution >= 4 is 11.6 Å². The summed E-state index contributed by atoms with van der Waals surface area (Å²) in [6.07, 6.45) is 2.45. The maximum Gasteiger partial charge on any atom is 0.0454 e. The molecule has 1 N–H and O–H groups in total. The average Bonchev–Trinajstić information content (AvgIpc) is 2.69. The lowest BCUT2D eigenvalue weighted by molar-refractivity contribution is 0.584. The van der Waals surface area contributed by atoms with Gasteiger partial charge in [-0.1, -0.05) is 44.5 Å². The summed E-state index contributed by atoms with van der Waals surface area (Å²) in [5.41, 5.74) is 2.82. The molecule has 1 aliphatic heterocycles. The van der Waals surface area contributed by atoms with Crippen LogP contribution in [0.3, 0.4) is 0 Å². The molecule has 0 unspecified atom stereocenters. The Morgan fingerprint density at radius 3 is 2.62 bits per heavy atom. The van der Waals surface area contributed by atoms with Crippen molar-refractivity contribution in [2.24, 2.45) is 0 Å². The van der Waals surface area contributed by atoms with Gasteiger partial charge in [0.05, 0.1) is 0 Å². The van der Waals surface area contributed by atoms with E-state index in [0.717, 1.165) is 11.6 Å². The van der Waals surface area contributed by atoms with Crippen LogP contribution in [0.15, 0.2) is 18.2 Å². The fraction of sp³-hybridized carbons (Fsp3) is 0.571. The quantitative estimate of drug-likeness (QED) is 0.777. The Bertz CT molecular complexity index is 373.